The number of benzene rings is 1. The third-order valence-electron chi connectivity index (χ3n) is 5.49. The number of rotatable bonds is 6. The fourth-order valence-electron chi connectivity index (χ4n) is 3.75. The second-order valence-corrected chi connectivity index (χ2v) is 7.54. The summed E-state index contributed by atoms with van der Waals surface area (Å²) in [5.41, 5.74) is 0.679. The van der Waals surface area contributed by atoms with Crippen molar-refractivity contribution < 1.29 is 23.8 Å². The molecule has 7 nitrogen and oxygen atoms in total. The minimum absolute atomic E-state index is 0.0173. The molecule has 3 rings (SSSR count). The Morgan fingerprint density at radius 3 is 2.59 bits per heavy atom. The van der Waals surface area contributed by atoms with Gasteiger partial charge in [-0.1, -0.05) is 18.5 Å². The summed E-state index contributed by atoms with van der Waals surface area (Å²) < 4.78 is 15.9. The summed E-state index contributed by atoms with van der Waals surface area (Å²) in [6, 6.07) is 3.66. The molecule has 1 unspecified atom stereocenters. The van der Waals surface area contributed by atoms with Crippen molar-refractivity contribution in [2.45, 2.75) is 38.3 Å². The summed E-state index contributed by atoms with van der Waals surface area (Å²) in [7, 11) is 3.06. The van der Waals surface area contributed by atoms with E-state index < -0.39 is 0 Å². The Labute approximate surface area is 176 Å². The van der Waals surface area contributed by atoms with Gasteiger partial charge in [0.1, 0.15) is 6.10 Å². The predicted molar refractivity (Wildman–Crippen MR) is 110 cm³/mol. The van der Waals surface area contributed by atoms with Gasteiger partial charge < -0.3 is 24.0 Å². The summed E-state index contributed by atoms with van der Waals surface area (Å²) in [6.07, 6.45) is 5.28. The monoisotopic (exact) mass is 422 g/mol. The van der Waals surface area contributed by atoms with Crippen LogP contribution in [0, 0.1) is 0 Å². The Hall–Kier alpha value is -2.41. The van der Waals surface area contributed by atoms with Crippen molar-refractivity contribution in [3.63, 3.8) is 0 Å². The normalized spacial score (nSPS) is 20.3. The molecule has 2 fully saturated rings. The third-order valence-corrected chi connectivity index (χ3v) is 5.88. The number of carbonyl (C=O) groups is 2. The fraction of sp³-hybridized carbons (Fsp3) is 0.524. The fourth-order valence-corrected chi connectivity index (χ4v) is 4.05. The highest BCUT2D eigenvalue weighted by Crippen LogP contribution is 2.37. The topological polar surface area (TPSA) is 68.3 Å². The lowest BCUT2D eigenvalue weighted by Gasteiger charge is -2.35. The molecule has 2 heterocycles. The summed E-state index contributed by atoms with van der Waals surface area (Å²) in [4.78, 5) is 28.2. The van der Waals surface area contributed by atoms with E-state index in [1.807, 2.05) is 11.8 Å². The van der Waals surface area contributed by atoms with E-state index in [4.69, 9.17) is 25.8 Å². The number of methoxy groups -OCH3 is 2. The van der Waals surface area contributed by atoms with Gasteiger partial charge >= 0.3 is 6.09 Å². The maximum absolute atomic E-state index is 12.6. The Bertz CT molecular complexity index is 790. The molecule has 2 amide bonds. The van der Waals surface area contributed by atoms with Crippen LogP contribution in [0.1, 0.15) is 31.7 Å². The van der Waals surface area contributed by atoms with Crippen LogP contribution >= 0.6 is 11.6 Å². The van der Waals surface area contributed by atoms with Crippen molar-refractivity contribution in [3.05, 3.63) is 28.8 Å². The van der Waals surface area contributed by atoms with Crippen LogP contribution in [0.4, 0.5) is 4.79 Å². The van der Waals surface area contributed by atoms with E-state index in [9.17, 15) is 9.59 Å². The molecule has 0 aliphatic carbocycles. The highest BCUT2D eigenvalue weighted by molar-refractivity contribution is 6.33. The lowest BCUT2D eigenvalue weighted by molar-refractivity contribution is -0.127. The molecule has 2 aliphatic rings. The largest absolute Gasteiger partial charge is 0.493 e. The van der Waals surface area contributed by atoms with Crippen molar-refractivity contribution in [2.75, 3.05) is 33.9 Å². The number of hydrogen-bond acceptors (Lipinski definition) is 5. The van der Waals surface area contributed by atoms with Gasteiger partial charge in [-0.15, -0.1) is 0 Å². The predicted octanol–water partition coefficient (Wildman–Crippen LogP) is 3.59. The second kappa shape index (κ2) is 9.39. The van der Waals surface area contributed by atoms with Crippen molar-refractivity contribution in [1.29, 1.82) is 0 Å². The number of halogens is 1. The molecule has 8 heteroatoms. The van der Waals surface area contributed by atoms with E-state index >= 15 is 0 Å². The Morgan fingerprint density at radius 1 is 1.28 bits per heavy atom. The maximum Gasteiger partial charge on any atom is 0.410 e. The lowest BCUT2D eigenvalue weighted by atomic mass is 10.0. The van der Waals surface area contributed by atoms with E-state index in [1.54, 1.807) is 30.2 Å². The van der Waals surface area contributed by atoms with Crippen LogP contribution in [0.5, 0.6) is 11.5 Å². The number of hydrogen-bond donors (Lipinski definition) is 0. The molecule has 0 spiro atoms. The second-order valence-electron chi connectivity index (χ2n) is 7.16. The van der Waals surface area contributed by atoms with Gasteiger partial charge in [-0.2, -0.15) is 0 Å². The van der Waals surface area contributed by atoms with E-state index in [0.29, 0.717) is 41.7 Å². The number of cyclic esters (lactones) is 1. The minimum atomic E-state index is -0.232. The van der Waals surface area contributed by atoms with Gasteiger partial charge in [-0.3, -0.25) is 4.79 Å². The Balaban J connectivity index is 1.58. The standard InChI is InChI=1S/C21H27ClN2O5/c1-4-16-13-24(21(26)29-16)15-9-11-23(12-10-15)18(25)8-6-14-5-7-17(27-2)20(28-3)19(14)22/h5-8,15-16H,4,9-13H2,1-3H3/b8-6+. The van der Waals surface area contributed by atoms with E-state index in [2.05, 4.69) is 0 Å². The number of nitrogens with zero attached hydrogens (tertiary/aromatic N) is 2. The number of amides is 2. The molecule has 29 heavy (non-hydrogen) atoms. The molecule has 2 aliphatic heterocycles. The van der Waals surface area contributed by atoms with Crippen molar-refractivity contribution >= 4 is 29.7 Å². The first-order chi connectivity index (χ1) is 14.0. The minimum Gasteiger partial charge on any atom is -0.493 e. The zero-order valence-electron chi connectivity index (χ0n) is 17.0. The summed E-state index contributed by atoms with van der Waals surface area (Å²) in [5.74, 6) is 0.894. The maximum atomic E-state index is 12.6. The molecule has 158 valence electrons. The number of ether oxygens (including phenoxy) is 3. The molecule has 1 atom stereocenters. The average molecular weight is 423 g/mol. The highest BCUT2D eigenvalue weighted by Gasteiger charge is 2.37. The first-order valence-electron chi connectivity index (χ1n) is 9.83. The summed E-state index contributed by atoms with van der Waals surface area (Å²) in [5, 5.41) is 0.396. The molecular weight excluding hydrogens is 396 g/mol. The molecule has 0 saturated carbocycles. The van der Waals surface area contributed by atoms with Crippen LogP contribution in [0.2, 0.25) is 5.02 Å². The zero-order chi connectivity index (χ0) is 21.0. The van der Waals surface area contributed by atoms with Gasteiger partial charge in [0.05, 0.1) is 25.8 Å². The summed E-state index contributed by atoms with van der Waals surface area (Å²) >= 11 is 6.36. The number of piperidine rings is 1. The molecular formula is C21H27ClN2O5. The van der Waals surface area contributed by atoms with Gasteiger partial charge in [0, 0.05) is 25.2 Å². The average Bonchev–Trinajstić information content (AvgIpc) is 3.13. The van der Waals surface area contributed by atoms with Crippen LogP contribution in [-0.4, -0.2) is 67.8 Å². The first kappa shape index (κ1) is 21.3. The number of carbonyl (C=O) groups excluding carboxylic acids is 2. The Morgan fingerprint density at radius 2 is 2.00 bits per heavy atom. The highest BCUT2D eigenvalue weighted by atomic mass is 35.5. The molecule has 0 radical (unpaired) electrons. The van der Waals surface area contributed by atoms with Crippen LogP contribution in [0.15, 0.2) is 18.2 Å². The van der Waals surface area contributed by atoms with Gasteiger partial charge in [-0.05, 0) is 43.0 Å². The van der Waals surface area contributed by atoms with E-state index in [0.717, 1.165) is 19.3 Å². The SMILES string of the molecule is CCC1CN(C2CCN(C(=O)/C=C/c3ccc(OC)c(OC)c3Cl)CC2)C(=O)O1. The zero-order valence-corrected chi connectivity index (χ0v) is 17.8. The molecule has 1 aromatic rings. The molecule has 0 N–H and O–H groups in total. The van der Waals surface area contributed by atoms with Gasteiger partial charge in [0.2, 0.25) is 5.91 Å². The van der Waals surface area contributed by atoms with Crippen molar-refractivity contribution in [2.24, 2.45) is 0 Å². The molecule has 2 saturated heterocycles. The van der Waals surface area contributed by atoms with Crippen molar-refractivity contribution in [1.82, 2.24) is 9.80 Å². The Kier molecular flexibility index (Phi) is 6.90. The van der Waals surface area contributed by atoms with E-state index in [1.165, 1.54) is 13.2 Å². The number of likely N-dealkylation sites (tertiary alicyclic amines) is 1. The first-order valence-corrected chi connectivity index (χ1v) is 10.2. The lowest BCUT2D eigenvalue weighted by Crippen LogP contribution is -2.46. The molecule has 1 aromatic carbocycles. The van der Waals surface area contributed by atoms with E-state index in [-0.39, 0.29) is 24.1 Å². The van der Waals surface area contributed by atoms with Crippen LogP contribution < -0.4 is 9.47 Å². The smallest absolute Gasteiger partial charge is 0.410 e. The van der Waals surface area contributed by atoms with Gasteiger partial charge in [-0.25, -0.2) is 4.79 Å². The third kappa shape index (κ3) is 4.61. The van der Waals surface area contributed by atoms with Crippen LogP contribution in [0.25, 0.3) is 6.08 Å². The van der Waals surface area contributed by atoms with Gasteiger partial charge in [0.25, 0.3) is 0 Å². The molecule has 0 aromatic heterocycles. The molecule has 0 bridgehead atoms. The quantitative estimate of drug-likeness (QED) is 0.655. The van der Waals surface area contributed by atoms with Crippen LogP contribution in [0.3, 0.4) is 0 Å². The van der Waals surface area contributed by atoms with Crippen molar-refractivity contribution in [3.8, 4) is 11.5 Å². The van der Waals surface area contributed by atoms with Crippen LogP contribution in [-0.2, 0) is 9.53 Å². The van der Waals surface area contributed by atoms with Gasteiger partial charge in [0.15, 0.2) is 11.5 Å². The summed E-state index contributed by atoms with van der Waals surface area (Å²) in [6.45, 7) is 3.87.